The molecule has 9 aliphatic rings. The first-order valence-corrected chi connectivity index (χ1v) is 17.9. The minimum absolute atomic E-state index is 0. The first-order valence-electron chi connectivity index (χ1n) is 17.9. The Morgan fingerprint density at radius 3 is 0.476 bits per heavy atom. The summed E-state index contributed by atoms with van der Waals surface area (Å²) in [7, 11) is 0. The van der Waals surface area contributed by atoms with E-state index in [-0.39, 0.29) is 29.5 Å². The van der Waals surface area contributed by atoms with Crippen LogP contribution in [0.1, 0.15) is 103 Å². The molecule has 5 aliphatic heterocycles. The summed E-state index contributed by atoms with van der Waals surface area (Å²) in [6, 6.07) is 0. The Kier molecular flexibility index (Phi) is 9.59. The second-order valence-corrected chi connectivity index (χ2v) is 15.6. The molecule has 8 N–H and O–H groups in total. The molecular weight excluding hydrogens is 587 g/mol. The predicted octanol–water partition coefficient (Wildman–Crippen LogP) is 3.02. The number of halogens is 1. The summed E-state index contributed by atoms with van der Waals surface area (Å²) in [5.74, 6) is 5.97. The molecule has 0 aromatic carbocycles. The molecular formula is C32H57ClMnN8. The fourth-order valence-corrected chi connectivity index (χ4v) is 12.0. The monoisotopic (exact) mass is 643 g/mol. The quantitative estimate of drug-likeness (QED) is 0.191. The molecule has 8 atom stereocenters. The van der Waals surface area contributed by atoms with Gasteiger partial charge in [-0.3, -0.25) is 42.5 Å². The van der Waals surface area contributed by atoms with Crippen molar-refractivity contribution in [1.82, 2.24) is 42.5 Å². The zero-order chi connectivity index (χ0) is 26.2. The van der Waals surface area contributed by atoms with E-state index in [2.05, 4.69) is 42.5 Å². The summed E-state index contributed by atoms with van der Waals surface area (Å²) in [6.45, 7) is 0. The van der Waals surface area contributed by atoms with Gasteiger partial charge in [0.15, 0.2) is 0 Å². The van der Waals surface area contributed by atoms with Crippen molar-refractivity contribution in [3.05, 3.63) is 0 Å². The van der Waals surface area contributed by atoms with E-state index in [1.807, 2.05) is 0 Å². The van der Waals surface area contributed by atoms with Gasteiger partial charge in [0.2, 0.25) is 0 Å². The van der Waals surface area contributed by atoms with Gasteiger partial charge in [-0.25, -0.2) is 0 Å². The molecule has 5 saturated heterocycles. The van der Waals surface area contributed by atoms with Crippen molar-refractivity contribution in [2.75, 3.05) is 0 Å². The average Bonchev–Trinajstić information content (AvgIpc) is 3.73. The average molecular weight is 644 g/mol. The number of fused-ring (bicyclic) bond motifs is 20. The van der Waals surface area contributed by atoms with Crippen LogP contribution in [-0.4, -0.2) is 49.3 Å². The molecule has 0 aromatic heterocycles. The van der Waals surface area contributed by atoms with Crippen LogP contribution in [0.15, 0.2) is 0 Å². The normalized spacial score (nSPS) is 54.9. The Balaban J connectivity index is 0.00000144. The molecule has 0 amide bonds. The molecule has 4 aliphatic carbocycles. The van der Waals surface area contributed by atoms with E-state index in [1.54, 1.807) is 0 Å². The SMILES string of the molecule is C1CCC2C3NC(NC4NC(NC5NC(NC6NC(N3)C3CCCCC63)C3CCCCC53)C3CCCCC43)C2C1.Cl.[Mn]. The minimum atomic E-state index is 0. The van der Waals surface area contributed by atoms with Gasteiger partial charge in [0.25, 0.3) is 0 Å². The largest absolute Gasteiger partial charge is 0.286 e. The third-order valence-electron chi connectivity index (χ3n) is 13.8. The van der Waals surface area contributed by atoms with Crippen molar-refractivity contribution < 1.29 is 17.1 Å². The first-order chi connectivity index (χ1) is 19.8. The van der Waals surface area contributed by atoms with Gasteiger partial charge in [0.1, 0.15) is 0 Å². The van der Waals surface area contributed by atoms with Crippen LogP contribution in [0.25, 0.3) is 0 Å². The maximum atomic E-state index is 4.26. The summed E-state index contributed by atoms with van der Waals surface area (Å²) in [5.41, 5.74) is 0. The van der Waals surface area contributed by atoms with E-state index < -0.39 is 0 Å². The first kappa shape index (κ1) is 31.1. The van der Waals surface area contributed by atoms with E-state index in [9.17, 15) is 0 Å². The summed E-state index contributed by atoms with van der Waals surface area (Å²) in [4.78, 5) is 0. The zero-order valence-corrected chi connectivity index (χ0v) is 27.3. The van der Waals surface area contributed by atoms with Gasteiger partial charge >= 0.3 is 0 Å². The third kappa shape index (κ3) is 5.36. The Bertz CT molecular complexity index is 723. The Hall–Kier alpha value is 0.489. The second-order valence-electron chi connectivity index (χ2n) is 15.6. The van der Waals surface area contributed by atoms with Gasteiger partial charge in [-0.05, 0) is 98.7 Å². The molecule has 0 spiro atoms. The Morgan fingerprint density at radius 1 is 0.238 bits per heavy atom. The fraction of sp³-hybridized carbons (Fsp3) is 1.00. The molecule has 5 heterocycles. The molecule has 0 aromatic rings. The van der Waals surface area contributed by atoms with Crippen LogP contribution in [0, 0.1) is 47.3 Å². The van der Waals surface area contributed by atoms with Crippen LogP contribution >= 0.6 is 12.4 Å². The molecule has 1 radical (unpaired) electrons. The van der Waals surface area contributed by atoms with Crippen LogP contribution in [0.4, 0.5) is 0 Å². The van der Waals surface area contributed by atoms with Crippen LogP contribution < -0.4 is 42.5 Å². The molecule has 239 valence electrons. The Morgan fingerprint density at radius 2 is 0.357 bits per heavy atom. The fourth-order valence-electron chi connectivity index (χ4n) is 12.0. The smallest absolute Gasteiger partial charge is 0.0628 e. The zero-order valence-electron chi connectivity index (χ0n) is 25.3. The number of rotatable bonds is 0. The number of hydrogen-bond donors (Lipinski definition) is 8. The van der Waals surface area contributed by atoms with Gasteiger partial charge in [-0.2, -0.15) is 0 Å². The topological polar surface area (TPSA) is 96.2 Å². The van der Waals surface area contributed by atoms with Crippen LogP contribution in [-0.2, 0) is 17.1 Å². The maximum absolute atomic E-state index is 4.26. The molecule has 8 nitrogen and oxygen atoms in total. The van der Waals surface area contributed by atoms with Gasteiger partial charge < -0.3 is 0 Å². The van der Waals surface area contributed by atoms with E-state index >= 15 is 0 Å². The maximum Gasteiger partial charge on any atom is 0.0628 e. The van der Waals surface area contributed by atoms with Gasteiger partial charge in [-0.1, -0.05) is 51.4 Å². The Labute approximate surface area is 270 Å². The minimum Gasteiger partial charge on any atom is -0.286 e. The van der Waals surface area contributed by atoms with Crippen molar-refractivity contribution in [2.45, 2.75) is 152 Å². The standard InChI is InChI=1S/C32H56N8.ClH.Mn/c1-2-10-18-17(9-1)25-33-26(18)38-28-21-13-5-6-14-22(21)30(35-28)40-32-24-16-8-7-15-23(24)31(36-32)39-29-20-12-4-3-11-19(20)27(34-29)37-25;;/h17-40H,1-16H2;1H;. The summed E-state index contributed by atoms with van der Waals surface area (Å²) in [5, 5.41) is 33.8. The van der Waals surface area contributed by atoms with Crippen molar-refractivity contribution >= 4 is 12.4 Å². The van der Waals surface area contributed by atoms with Gasteiger partial charge in [-0.15, -0.1) is 12.4 Å². The van der Waals surface area contributed by atoms with Crippen LogP contribution in [0.3, 0.4) is 0 Å². The summed E-state index contributed by atoms with van der Waals surface area (Å²) in [6.07, 6.45) is 25.6. The van der Waals surface area contributed by atoms with Crippen LogP contribution in [0.2, 0.25) is 0 Å². The van der Waals surface area contributed by atoms with Gasteiger partial charge in [0, 0.05) is 17.1 Å². The van der Waals surface area contributed by atoms with E-state index in [4.69, 9.17) is 0 Å². The summed E-state index contributed by atoms with van der Waals surface area (Å²) < 4.78 is 0. The summed E-state index contributed by atoms with van der Waals surface area (Å²) >= 11 is 0. The molecule has 8 unspecified atom stereocenters. The third-order valence-corrected chi connectivity index (χ3v) is 13.8. The molecule has 10 heteroatoms. The predicted molar refractivity (Wildman–Crippen MR) is 164 cm³/mol. The van der Waals surface area contributed by atoms with Crippen molar-refractivity contribution in [3.8, 4) is 0 Å². The number of nitrogens with one attached hydrogen (secondary N) is 8. The van der Waals surface area contributed by atoms with Crippen molar-refractivity contribution in [1.29, 1.82) is 0 Å². The van der Waals surface area contributed by atoms with E-state index in [0.29, 0.717) is 49.3 Å². The molecule has 8 bridgehead atoms. The molecule has 4 saturated carbocycles. The molecule has 42 heavy (non-hydrogen) atoms. The van der Waals surface area contributed by atoms with Gasteiger partial charge in [0.05, 0.1) is 49.3 Å². The van der Waals surface area contributed by atoms with Crippen molar-refractivity contribution in [3.63, 3.8) is 0 Å². The van der Waals surface area contributed by atoms with E-state index in [1.165, 1.54) is 103 Å². The van der Waals surface area contributed by atoms with E-state index in [0.717, 1.165) is 47.3 Å². The molecule has 9 fully saturated rings. The second kappa shape index (κ2) is 12.9. The molecule has 9 rings (SSSR count). The number of hydrogen-bond acceptors (Lipinski definition) is 8. The van der Waals surface area contributed by atoms with Crippen LogP contribution in [0.5, 0.6) is 0 Å². The van der Waals surface area contributed by atoms with Crippen molar-refractivity contribution in [2.24, 2.45) is 47.3 Å².